The number of hydrogen-bond acceptors (Lipinski definition) is 6. The molecule has 3 heterocycles. The highest BCUT2D eigenvalue weighted by Gasteiger charge is 2.43. The van der Waals surface area contributed by atoms with Gasteiger partial charge in [0.15, 0.2) is 0 Å². The molecule has 4 rings (SSSR count). The topological polar surface area (TPSA) is 73.0 Å². The van der Waals surface area contributed by atoms with Crippen LogP contribution in [0.15, 0.2) is 46.2 Å². The average Bonchev–Trinajstić information content (AvgIpc) is 3.24. The predicted molar refractivity (Wildman–Crippen MR) is 113 cm³/mol. The van der Waals surface area contributed by atoms with E-state index in [1.165, 1.54) is 11.8 Å². The highest BCUT2D eigenvalue weighted by atomic mass is 32.2. The van der Waals surface area contributed by atoms with E-state index >= 15 is 0 Å². The first-order chi connectivity index (χ1) is 14.1. The van der Waals surface area contributed by atoms with Crippen molar-refractivity contribution >= 4 is 34.7 Å². The van der Waals surface area contributed by atoms with Gasteiger partial charge in [0.1, 0.15) is 0 Å². The van der Waals surface area contributed by atoms with Crippen molar-refractivity contribution in [2.45, 2.75) is 44.4 Å². The number of thioether (sulfide) groups is 1. The van der Waals surface area contributed by atoms with Crippen molar-refractivity contribution in [2.75, 3.05) is 10.7 Å². The van der Waals surface area contributed by atoms with Gasteiger partial charge < -0.3 is 5.11 Å². The lowest BCUT2D eigenvalue weighted by Crippen LogP contribution is -2.58. The smallest absolute Gasteiger partial charge is 0.293 e. The maximum absolute atomic E-state index is 13.0. The Kier molecular flexibility index (Phi) is 5.82. The van der Waals surface area contributed by atoms with Crippen molar-refractivity contribution in [1.82, 2.24) is 10.1 Å². The quantitative estimate of drug-likeness (QED) is 0.341. The van der Waals surface area contributed by atoms with Gasteiger partial charge >= 0.3 is 0 Å². The van der Waals surface area contributed by atoms with Crippen LogP contribution in [0, 0.1) is 0 Å². The van der Waals surface area contributed by atoms with E-state index in [1.807, 2.05) is 41.1 Å². The van der Waals surface area contributed by atoms with Crippen LogP contribution in [-0.4, -0.2) is 21.7 Å². The Hall–Kier alpha value is -2.45. The van der Waals surface area contributed by atoms with Crippen LogP contribution in [0.2, 0.25) is 0 Å². The fourth-order valence-corrected chi connectivity index (χ4v) is 5.07. The van der Waals surface area contributed by atoms with Gasteiger partial charge in [0.25, 0.3) is 17.0 Å². The van der Waals surface area contributed by atoms with Gasteiger partial charge in [-0.05, 0) is 30.0 Å². The number of aromatic nitrogens is 3. The van der Waals surface area contributed by atoms with Crippen LogP contribution in [0.5, 0.6) is 5.88 Å². The zero-order valence-electron chi connectivity index (χ0n) is 16.4. The molecule has 1 aromatic carbocycles. The number of thiophene rings is 1. The zero-order valence-corrected chi connectivity index (χ0v) is 18.0. The Bertz CT molecular complexity index is 1020. The largest absolute Gasteiger partial charge is 0.854 e. The third kappa shape index (κ3) is 3.74. The van der Waals surface area contributed by atoms with Gasteiger partial charge in [-0.3, -0.25) is 4.79 Å². The molecule has 0 saturated carbocycles. The molecule has 150 valence electrons. The summed E-state index contributed by atoms with van der Waals surface area (Å²) in [6, 6.07) is 9.42. The summed E-state index contributed by atoms with van der Waals surface area (Å²) in [6.07, 6.45) is 2.82. The van der Waals surface area contributed by atoms with Gasteiger partial charge in [-0.2, -0.15) is 11.3 Å². The Morgan fingerprint density at radius 1 is 1.31 bits per heavy atom. The molecule has 1 unspecified atom stereocenters. The minimum atomic E-state index is -0.505. The first-order valence-electron chi connectivity index (χ1n) is 9.66. The van der Waals surface area contributed by atoms with Crippen molar-refractivity contribution in [2.24, 2.45) is 0 Å². The molecular formula is C21H22N4O2S2. The molecular weight excluding hydrogens is 404 g/mol. The molecule has 3 aromatic rings. The number of carbonyl (C=O) groups is 1. The maximum Gasteiger partial charge on any atom is 0.293 e. The molecule has 8 heteroatoms. The molecule has 0 fully saturated rings. The Morgan fingerprint density at radius 2 is 2.14 bits per heavy atom. The Balaban J connectivity index is 1.87. The van der Waals surface area contributed by atoms with Crippen LogP contribution in [0.4, 0.5) is 5.69 Å². The molecule has 0 aliphatic carbocycles. The third-order valence-electron chi connectivity index (χ3n) is 4.88. The standard InChI is InChI=1S/C21H22N4O2S2/c1-3-4-7-11-29-21-22-19(27)18-16-8-5-6-9-17(16)24(14(2)26)20(25(18)23-21)15-10-12-28-13-15/h5-6,8-10,12-13,20H,3-4,7,11H2,1-2H3. The second-order valence-corrected chi connectivity index (χ2v) is 8.73. The number of nitrogens with zero attached hydrogens (tertiary/aromatic N) is 4. The molecule has 0 spiro atoms. The van der Waals surface area contributed by atoms with E-state index in [0.717, 1.165) is 30.6 Å². The first kappa shape index (κ1) is 19.8. The third-order valence-corrected chi connectivity index (χ3v) is 6.50. The van der Waals surface area contributed by atoms with E-state index in [4.69, 9.17) is 5.10 Å². The van der Waals surface area contributed by atoms with Gasteiger partial charge in [-0.15, -0.1) is 0 Å². The van der Waals surface area contributed by atoms with E-state index in [0.29, 0.717) is 22.1 Å². The number of anilines is 1. The summed E-state index contributed by atoms with van der Waals surface area (Å²) in [5, 5.41) is 22.2. The summed E-state index contributed by atoms with van der Waals surface area (Å²) in [7, 11) is 0. The van der Waals surface area contributed by atoms with Crippen molar-refractivity contribution in [1.29, 1.82) is 0 Å². The van der Waals surface area contributed by atoms with Gasteiger partial charge in [-0.1, -0.05) is 48.3 Å². The SMILES string of the molecule is CCCCCSc1nc([O-])c2[n+](n1)C(c1ccsc1)N(C(C)=O)c1ccccc1-2. The molecule has 6 nitrogen and oxygen atoms in total. The molecule has 0 bridgehead atoms. The van der Waals surface area contributed by atoms with Crippen LogP contribution < -0.4 is 14.7 Å². The average molecular weight is 427 g/mol. The van der Waals surface area contributed by atoms with Crippen molar-refractivity contribution < 1.29 is 14.6 Å². The van der Waals surface area contributed by atoms with Crippen molar-refractivity contribution in [3.8, 4) is 17.1 Å². The monoisotopic (exact) mass is 426 g/mol. The summed E-state index contributed by atoms with van der Waals surface area (Å²) in [5.41, 5.74) is 2.74. The normalized spacial score (nSPS) is 15.1. The van der Waals surface area contributed by atoms with Crippen LogP contribution in [0.25, 0.3) is 11.3 Å². The summed E-state index contributed by atoms with van der Waals surface area (Å²) >= 11 is 3.05. The number of hydrogen-bond donors (Lipinski definition) is 0. The van der Waals surface area contributed by atoms with E-state index in [1.54, 1.807) is 27.8 Å². The van der Waals surface area contributed by atoms with Crippen LogP contribution >= 0.6 is 23.1 Å². The highest BCUT2D eigenvalue weighted by Crippen LogP contribution is 2.41. The molecule has 2 aromatic heterocycles. The van der Waals surface area contributed by atoms with Gasteiger partial charge in [0.2, 0.25) is 5.91 Å². The number of benzene rings is 1. The van der Waals surface area contributed by atoms with E-state index in [-0.39, 0.29) is 11.8 Å². The minimum absolute atomic E-state index is 0.102. The van der Waals surface area contributed by atoms with Crippen LogP contribution in [-0.2, 0) is 4.79 Å². The minimum Gasteiger partial charge on any atom is -0.854 e. The molecule has 1 amide bonds. The van der Waals surface area contributed by atoms with E-state index in [9.17, 15) is 9.90 Å². The van der Waals surface area contributed by atoms with Crippen molar-refractivity contribution in [3.05, 3.63) is 46.7 Å². The Morgan fingerprint density at radius 3 is 2.86 bits per heavy atom. The van der Waals surface area contributed by atoms with Gasteiger partial charge in [-0.25, -0.2) is 9.88 Å². The van der Waals surface area contributed by atoms with E-state index < -0.39 is 6.17 Å². The van der Waals surface area contributed by atoms with Crippen LogP contribution in [0.3, 0.4) is 0 Å². The van der Waals surface area contributed by atoms with Gasteiger partial charge in [0, 0.05) is 23.2 Å². The lowest BCUT2D eigenvalue weighted by atomic mass is 10.0. The van der Waals surface area contributed by atoms with E-state index in [2.05, 4.69) is 11.9 Å². The summed E-state index contributed by atoms with van der Waals surface area (Å²) in [5.74, 6) is 0.451. The van der Waals surface area contributed by atoms with Crippen molar-refractivity contribution in [3.63, 3.8) is 0 Å². The summed E-state index contributed by atoms with van der Waals surface area (Å²) < 4.78 is 1.68. The van der Waals surface area contributed by atoms with Gasteiger partial charge in [0.05, 0.1) is 22.7 Å². The number of para-hydroxylation sites is 1. The summed E-state index contributed by atoms with van der Waals surface area (Å²) in [4.78, 5) is 18.6. The Labute approximate surface area is 178 Å². The number of amides is 1. The number of fused-ring (bicyclic) bond motifs is 3. The molecule has 1 aliphatic rings. The molecule has 0 N–H and O–H groups in total. The fraction of sp³-hybridized carbons (Fsp3) is 0.333. The van der Waals surface area contributed by atoms with Crippen LogP contribution in [0.1, 0.15) is 44.8 Å². The maximum atomic E-state index is 13.0. The molecule has 29 heavy (non-hydrogen) atoms. The first-order valence-corrected chi connectivity index (χ1v) is 11.6. The molecule has 0 saturated heterocycles. The highest BCUT2D eigenvalue weighted by molar-refractivity contribution is 7.99. The second kappa shape index (κ2) is 8.51. The predicted octanol–water partition coefficient (Wildman–Crippen LogP) is 3.76. The lowest BCUT2D eigenvalue weighted by Gasteiger charge is -2.32. The molecule has 1 atom stereocenters. The second-order valence-electron chi connectivity index (χ2n) is 6.88. The lowest BCUT2D eigenvalue weighted by molar-refractivity contribution is -0.764. The fourth-order valence-electron chi connectivity index (χ4n) is 3.57. The number of unbranched alkanes of at least 4 members (excludes halogenated alkanes) is 2. The number of carbonyl (C=O) groups excluding carboxylic acids is 1. The molecule has 1 aliphatic heterocycles. The number of rotatable bonds is 6. The summed E-state index contributed by atoms with van der Waals surface area (Å²) in [6.45, 7) is 3.70. The zero-order chi connectivity index (χ0) is 20.4. The molecule has 0 radical (unpaired) electrons.